The molecule has 0 aromatic heterocycles. The van der Waals surface area contributed by atoms with E-state index in [2.05, 4.69) is 10.1 Å². The molecule has 34 heavy (non-hydrogen) atoms. The molecule has 1 fully saturated rings. The zero-order valence-electron chi connectivity index (χ0n) is 18.5. The van der Waals surface area contributed by atoms with Gasteiger partial charge in [-0.3, -0.25) is 9.59 Å². The van der Waals surface area contributed by atoms with Gasteiger partial charge in [-0.2, -0.15) is 5.26 Å². The number of piperidine rings is 1. The predicted molar refractivity (Wildman–Crippen MR) is 110 cm³/mol. The third-order valence-corrected chi connectivity index (χ3v) is 5.20. The number of nitrogens with zero attached hydrogens (tertiary/aromatic N) is 2. The molecule has 2 atom stereocenters. The molecule has 1 aliphatic rings. The van der Waals surface area contributed by atoms with Crippen molar-refractivity contribution in [2.45, 2.75) is 51.2 Å². The van der Waals surface area contributed by atoms with Crippen molar-refractivity contribution in [1.29, 1.82) is 5.26 Å². The van der Waals surface area contributed by atoms with Gasteiger partial charge in [-0.25, -0.2) is 4.79 Å². The van der Waals surface area contributed by atoms with Crippen molar-refractivity contribution >= 4 is 17.9 Å². The van der Waals surface area contributed by atoms with Gasteiger partial charge < -0.3 is 30.5 Å². The lowest BCUT2D eigenvalue weighted by Gasteiger charge is -2.37. The number of hydrogen-bond acceptors (Lipinski definition) is 6. The number of nitrogens with one attached hydrogen (secondary N) is 2. The summed E-state index contributed by atoms with van der Waals surface area (Å²) >= 11 is 0. The molecule has 13 heteroatoms. The number of aliphatic hydroxyl groups is 1. The molecular weight excluding hydrogens is 461 g/mol. The van der Waals surface area contributed by atoms with E-state index in [0.29, 0.717) is 12.8 Å². The number of nitriles is 1. The average Bonchev–Trinajstić information content (AvgIpc) is 2.74. The molecule has 186 valence electrons. The monoisotopic (exact) mass is 486 g/mol. The largest absolute Gasteiger partial charge is 0.573 e. The highest BCUT2D eigenvalue weighted by molar-refractivity contribution is 5.87. The molecule has 0 bridgehead atoms. The number of hydrogen-bond donors (Lipinski definition) is 4. The van der Waals surface area contributed by atoms with Crippen LogP contribution in [0.1, 0.15) is 37.8 Å². The first kappa shape index (κ1) is 26.7. The van der Waals surface area contributed by atoms with E-state index >= 15 is 0 Å². The standard InChI is InChI=1S/C21H25F3N4O6/c1-20(2,33)16(27-19(31)32)18(30)28-7-3-4-14(11-28)17(29)26-10-13-6-5-12(9-25)8-15(13)34-21(22,23)24/h5-6,8,14,16,27,33H,3-4,7,10-11H2,1-2H3,(H,26,29)(H,31,32)/t14-,16+/m1/s1. The summed E-state index contributed by atoms with van der Waals surface area (Å²) in [6, 6.07) is 3.71. The van der Waals surface area contributed by atoms with Crippen molar-refractivity contribution in [3.63, 3.8) is 0 Å². The zero-order valence-corrected chi connectivity index (χ0v) is 18.5. The Kier molecular flexibility index (Phi) is 8.33. The van der Waals surface area contributed by atoms with Crippen molar-refractivity contribution < 1.29 is 42.5 Å². The highest BCUT2D eigenvalue weighted by Crippen LogP contribution is 2.28. The Morgan fingerprint density at radius 3 is 2.56 bits per heavy atom. The van der Waals surface area contributed by atoms with Gasteiger partial charge in [0.2, 0.25) is 11.8 Å². The molecule has 1 heterocycles. The number of benzene rings is 1. The van der Waals surface area contributed by atoms with E-state index in [-0.39, 0.29) is 30.8 Å². The Bertz CT molecular complexity index is 971. The Morgan fingerprint density at radius 2 is 2.00 bits per heavy atom. The molecule has 0 unspecified atom stereocenters. The lowest BCUT2D eigenvalue weighted by Crippen LogP contribution is -2.60. The van der Waals surface area contributed by atoms with Crippen molar-refractivity contribution in [1.82, 2.24) is 15.5 Å². The van der Waals surface area contributed by atoms with Gasteiger partial charge in [0.1, 0.15) is 11.8 Å². The van der Waals surface area contributed by atoms with E-state index < -0.39 is 47.6 Å². The second-order valence-corrected chi connectivity index (χ2v) is 8.36. The smallest absolute Gasteiger partial charge is 0.465 e. The highest BCUT2D eigenvalue weighted by Gasteiger charge is 2.40. The van der Waals surface area contributed by atoms with Gasteiger partial charge in [0.15, 0.2) is 0 Å². The quantitative estimate of drug-likeness (QED) is 0.458. The van der Waals surface area contributed by atoms with Crippen LogP contribution in [0.2, 0.25) is 0 Å². The maximum absolute atomic E-state index is 12.8. The van der Waals surface area contributed by atoms with Crippen LogP contribution in [-0.2, 0) is 16.1 Å². The zero-order chi connectivity index (χ0) is 25.7. The number of halogens is 3. The summed E-state index contributed by atoms with van der Waals surface area (Å²) in [4.78, 5) is 37.8. The van der Waals surface area contributed by atoms with Crippen molar-refractivity contribution in [3.8, 4) is 11.8 Å². The molecule has 10 nitrogen and oxygen atoms in total. The topological polar surface area (TPSA) is 152 Å². The summed E-state index contributed by atoms with van der Waals surface area (Å²) in [6.07, 6.45) is -5.66. The lowest BCUT2D eigenvalue weighted by molar-refractivity contribution is -0.274. The molecule has 2 rings (SSSR count). The minimum Gasteiger partial charge on any atom is -0.465 e. The van der Waals surface area contributed by atoms with E-state index in [0.717, 1.165) is 6.07 Å². The minimum atomic E-state index is -4.99. The summed E-state index contributed by atoms with van der Waals surface area (Å²) in [5.74, 6) is -2.53. The molecular formula is C21H25F3N4O6. The number of ether oxygens (including phenoxy) is 1. The van der Waals surface area contributed by atoms with Crippen molar-refractivity contribution in [2.75, 3.05) is 13.1 Å². The van der Waals surface area contributed by atoms with Crippen LogP contribution in [0, 0.1) is 17.2 Å². The summed E-state index contributed by atoms with van der Waals surface area (Å²) in [5.41, 5.74) is -1.75. The molecule has 0 spiro atoms. The second kappa shape index (κ2) is 10.6. The number of likely N-dealkylation sites (tertiary alicyclic amines) is 1. The Hall–Kier alpha value is -3.53. The fourth-order valence-corrected chi connectivity index (χ4v) is 3.55. The van der Waals surface area contributed by atoms with Crippen LogP contribution in [-0.4, -0.2) is 64.1 Å². The van der Waals surface area contributed by atoms with Crippen molar-refractivity contribution in [3.05, 3.63) is 29.3 Å². The first-order valence-corrected chi connectivity index (χ1v) is 10.3. The van der Waals surface area contributed by atoms with Gasteiger partial charge in [0.05, 0.1) is 23.2 Å². The van der Waals surface area contributed by atoms with E-state index in [1.807, 2.05) is 5.32 Å². The second-order valence-electron chi connectivity index (χ2n) is 8.36. The van der Waals surface area contributed by atoms with Gasteiger partial charge in [-0.15, -0.1) is 13.2 Å². The highest BCUT2D eigenvalue weighted by atomic mass is 19.4. The summed E-state index contributed by atoms with van der Waals surface area (Å²) in [5, 5.41) is 32.6. The molecule has 0 aliphatic carbocycles. The fourth-order valence-electron chi connectivity index (χ4n) is 3.55. The van der Waals surface area contributed by atoms with Gasteiger partial charge in [0.25, 0.3) is 0 Å². The van der Waals surface area contributed by atoms with Crippen LogP contribution in [0.4, 0.5) is 18.0 Å². The number of carbonyl (C=O) groups excluding carboxylic acids is 2. The molecule has 3 amide bonds. The van der Waals surface area contributed by atoms with Crippen molar-refractivity contribution in [2.24, 2.45) is 5.92 Å². The SMILES string of the molecule is CC(C)(O)[C@@H](NC(=O)O)C(=O)N1CCC[C@@H](C(=O)NCc2ccc(C#N)cc2OC(F)(F)F)C1. The molecule has 1 aliphatic heterocycles. The number of carbonyl (C=O) groups is 3. The van der Waals surface area contributed by atoms with Gasteiger partial charge in [-0.05, 0) is 38.8 Å². The normalized spacial score (nSPS) is 17.3. The Balaban J connectivity index is 2.08. The summed E-state index contributed by atoms with van der Waals surface area (Å²) in [7, 11) is 0. The first-order chi connectivity index (χ1) is 15.7. The predicted octanol–water partition coefficient (Wildman–Crippen LogP) is 1.72. The van der Waals surface area contributed by atoms with Gasteiger partial charge in [0, 0.05) is 25.2 Å². The van der Waals surface area contributed by atoms with Crippen LogP contribution in [0.15, 0.2) is 18.2 Å². The van der Waals surface area contributed by atoms with Crippen LogP contribution in [0.25, 0.3) is 0 Å². The molecule has 1 aromatic carbocycles. The van der Waals surface area contributed by atoms with E-state index in [1.165, 1.54) is 30.9 Å². The Labute approximate surface area is 193 Å². The molecule has 4 N–H and O–H groups in total. The average molecular weight is 486 g/mol. The number of carboxylic acid groups (broad SMARTS) is 1. The lowest BCUT2D eigenvalue weighted by atomic mass is 9.93. The summed E-state index contributed by atoms with van der Waals surface area (Å²) < 4.78 is 42.1. The number of amides is 3. The number of alkyl halides is 3. The molecule has 0 radical (unpaired) electrons. The van der Waals surface area contributed by atoms with Crippen LogP contribution < -0.4 is 15.4 Å². The maximum atomic E-state index is 12.8. The minimum absolute atomic E-state index is 0.00108. The fraction of sp³-hybridized carbons (Fsp3) is 0.524. The maximum Gasteiger partial charge on any atom is 0.573 e. The number of rotatable bonds is 7. The summed E-state index contributed by atoms with van der Waals surface area (Å²) in [6.45, 7) is 2.43. The molecule has 1 aromatic rings. The van der Waals surface area contributed by atoms with Crippen LogP contribution in [0.5, 0.6) is 5.75 Å². The molecule has 0 saturated carbocycles. The first-order valence-electron chi connectivity index (χ1n) is 10.3. The third kappa shape index (κ3) is 7.51. The van der Waals surface area contributed by atoms with Crippen LogP contribution >= 0.6 is 0 Å². The van der Waals surface area contributed by atoms with Gasteiger partial charge in [-0.1, -0.05) is 6.07 Å². The molecule has 1 saturated heterocycles. The van der Waals surface area contributed by atoms with E-state index in [4.69, 9.17) is 10.4 Å². The van der Waals surface area contributed by atoms with Gasteiger partial charge >= 0.3 is 12.5 Å². The Morgan fingerprint density at radius 1 is 1.32 bits per heavy atom. The van der Waals surface area contributed by atoms with Crippen LogP contribution in [0.3, 0.4) is 0 Å². The third-order valence-electron chi connectivity index (χ3n) is 5.20. The van der Waals surface area contributed by atoms with E-state index in [1.54, 1.807) is 6.07 Å². The van der Waals surface area contributed by atoms with E-state index in [9.17, 15) is 32.7 Å².